The average Bonchev–Trinajstić information content (AvgIpc) is 2.73. The third-order valence-electron chi connectivity index (χ3n) is 7.59. The number of ether oxygens (including phenoxy) is 2. The van der Waals surface area contributed by atoms with Crippen molar-refractivity contribution in [3.63, 3.8) is 0 Å². The first-order chi connectivity index (χ1) is 14.8. The molecule has 7 heteroatoms. The molecule has 6 nitrogen and oxygen atoms in total. The summed E-state index contributed by atoms with van der Waals surface area (Å²) in [6.45, 7) is 4.84. The number of nitrogens with zero attached hydrogens (tertiary/aromatic N) is 1. The molecule has 0 radical (unpaired) electrons. The van der Waals surface area contributed by atoms with Crippen LogP contribution in [0.5, 0.6) is 0 Å². The summed E-state index contributed by atoms with van der Waals surface area (Å²) in [5.74, 6) is 0.482. The first-order valence-electron chi connectivity index (χ1n) is 11.5. The van der Waals surface area contributed by atoms with E-state index >= 15 is 0 Å². The van der Waals surface area contributed by atoms with E-state index in [4.69, 9.17) is 21.1 Å². The van der Waals surface area contributed by atoms with Crippen molar-refractivity contribution in [1.29, 1.82) is 0 Å². The smallest absolute Gasteiger partial charge is 0.312 e. The zero-order valence-corrected chi connectivity index (χ0v) is 18.8. The summed E-state index contributed by atoms with van der Waals surface area (Å²) in [6.07, 6.45) is 4.76. The SMILES string of the molecule is C[C@@H](OC(=O)C12C[C@H]3C[C@@H](CC(Cl)(C3)C1)C2)C(=O)Nc1ccc(N2CCOCC2)cc1. The van der Waals surface area contributed by atoms with Crippen molar-refractivity contribution < 1.29 is 19.1 Å². The summed E-state index contributed by atoms with van der Waals surface area (Å²) >= 11 is 6.84. The zero-order valence-electron chi connectivity index (χ0n) is 18.1. The molecule has 1 aromatic carbocycles. The van der Waals surface area contributed by atoms with Gasteiger partial charge in [-0.2, -0.15) is 0 Å². The van der Waals surface area contributed by atoms with E-state index in [1.54, 1.807) is 6.92 Å². The van der Waals surface area contributed by atoms with E-state index in [-0.39, 0.29) is 16.8 Å². The van der Waals surface area contributed by atoms with E-state index in [1.165, 1.54) is 6.42 Å². The monoisotopic (exact) mass is 446 g/mol. The number of hydrogen-bond donors (Lipinski definition) is 1. The molecular weight excluding hydrogens is 416 g/mol. The minimum atomic E-state index is -0.842. The Balaban J connectivity index is 1.18. The van der Waals surface area contributed by atoms with Crippen LogP contribution in [-0.4, -0.2) is 49.2 Å². The summed E-state index contributed by atoms with van der Waals surface area (Å²) in [5.41, 5.74) is 1.30. The maximum Gasteiger partial charge on any atom is 0.312 e. The minimum absolute atomic E-state index is 0.239. The Morgan fingerprint density at radius 3 is 2.39 bits per heavy atom. The number of rotatable bonds is 5. The van der Waals surface area contributed by atoms with Crippen LogP contribution in [0.4, 0.5) is 11.4 Å². The van der Waals surface area contributed by atoms with E-state index in [2.05, 4.69) is 10.2 Å². The molecule has 1 amide bonds. The fraction of sp³-hybridized carbons (Fsp3) is 0.667. The largest absolute Gasteiger partial charge is 0.452 e. The van der Waals surface area contributed by atoms with Gasteiger partial charge in [-0.1, -0.05) is 0 Å². The summed E-state index contributed by atoms with van der Waals surface area (Å²) in [4.78, 5) is 27.8. The summed E-state index contributed by atoms with van der Waals surface area (Å²) in [7, 11) is 0. The van der Waals surface area contributed by atoms with Gasteiger partial charge in [0.2, 0.25) is 0 Å². The minimum Gasteiger partial charge on any atom is -0.452 e. The standard InChI is InChI=1S/C24H31ClN2O4/c1-16(21(28)26-19-2-4-20(5-3-19)27-6-8-30-9-7-27)31-22(29)23-11-17-10-18(12-23)14-24(25,13-17)15-23/h2-5,16-18H,6-15H2,1H3,(H,26,28)/t16-,17-,18-,23?,24?/m1/s1. The quantitative estimate of drug-likeness (QED) is 0.547. The highest BCUT2D eigenvalue weighted by atomic mass is 35.5. The third kappa shape index (κ3) is 4.17. The lowest BCUT2D eigenvalue weighted by atomic mass is 9.49. The molecule has 6 rings (SSSR count). The van der Waals surface area contributed by atoms with Crippen LogP contribution in [0.2, 0.25) is 0 Å². The molecule has 0 aromatic heterocycles. The molecule has 1 N–H and O–H groups in total. The van der Waals surface area contributed by atoms with Gasteiger partial charge in [0.05, 0.1) is 18.6 Å². The van der Waals surface area contributed by atoms with Gasteiger partial charge in [-0.05, 0) is 81.5 Å². The molecule has 5 fully saturated rings. The molecule has 31 heavy (non-hydrogen) atoms. The molecular formula is C24H31ClN2O4. The Bertz CT molecular complexity index is 838. The van der Waals surface area contributed by atoms with Crippen molar-refractivity contribution >= 4 is 34.9 Å². The number of halogens is 1. The molecule has 168 valence electrons. The molecule has 4 bridgehead atoms. The van der Waals surface area contributed by atoms with Crippen molar-refractivity contribution in [3.8, 4) is 0 Å². The number of anilines is 2. The van der Waals surface area contributed by atoms with Crippen LogP contribution >= 0.6 is 11.6 Å². The molecule has 1 aliphatic heterocycles. The topological polar surface area (TPSA) is 67.9 Å². The predicted molar refractivity (Wildman–Crippen MR) is 119 cm³/mol. The number of morpholine rings is 1. The highest BCUT2D eigenvalue weighted by molar-refractivity contribution is 6.24. The average molecular weight is 447 g/mol. The summed E-state index contributed by atoms with van der Waals surface area (Å²) in [5, 5.41) is 2.87. The zero-order chi connectivity index (χ0) is 21.6. The van der Waals surface area contributed by atoms with Crippen molar-refractivity contribution in [2.24, 2.45) is 17.3 Å². The Morgan fingerprint density at radius 2 is 1.77 bits per heavy atom. The van der Waals surface area contributed by atoms with Crippen LogP contribution in [0.3, 0.4) is 0 Å². The Hall–Kier alpha value is -1.79. The van der Waals surface area contributed by atoms with E-state index in [9.17, 15) is 9.59 Å². The number of hydrogen-bond acceptors (Lipinski definition) is 5. The highest BCUT2D eigenvalue weighted by Gasteiger charge is 2.61. The second kappa shape index (κ2) is 7.96. The van der Waals surface area contributed by atoms with Gasteiger partial charge in [0, 0.05) is 29.3 Å². The number of amides is 1. The number of carbonyl (C=O) groups is 2. The molecule has 1 aromatic rings. The fourth-order valence-electron chi connectivity index (χ4n) is 6.55. The normalized spacial score (nSPS) is 35.0. The molecule has 5 aliphatic rings. The van der Waals surface area contributed by atoms with Crippen LogP contribution in [0.1, 0.15) is 45.4 Å². The van der Waals surface area contributed by atoms with E-state index in [0.29, 0.717) is 23.9 Å². The van der Waals surface area contributed by atoms with Gasteiger partial charge < -0.3 is 19.7 Å². The molecule has 3 atom stereocenters. The van der Waals surface area contributed by atoms with Crippen LogP contribution in [0.15, 0.2) is 24.3 Å². The van der Waals surface area contributed by atoms with Gasteiger partial charge >= 0.3 is 5.97 Å². The highest BCUT2D eigenvalue weighted by Crippen LogP contribution is 2.64. The van der Waals surface area contributed by atoms with Crippen LogP contribution in [-0.2, 0) is 19.1 Å². The maximum absolute atomic E-state index is 13.1. The Morgan fingerprint density at radius 1 is 1.13 bits per heavy atom. The van der Waals surface area contributed by atoms with E-state index < -0.39 is 11.5 Å². The number of alkyl halides is 1. The number of esters is 1. The lowest BCUT2D eigenvalue weighted by Crippen LogP contribution is -2.57. The van der Waals surface area contributed by atoms with Crippen LogP contribution in [0, 0.1) is 17.3 Å². The Kier molecular flexibility index (Phi) is 5.41. The van der Waals surface area contributed by atoms with Gasteiger partial charge in [0.25, 0.3) is 5.91 Å². The lowest BCUT2D eigenvalue weighted by Gasteiger charge is -2.58. The third-order valence-corrected chi connectivity index (χ3v) is 8.03. The lowest BCUT2D eigenvalue weighted by molar-refractivity contribution is -0.176. The van der Waals surface area contributed by atoms with Crippen LogP contribution in [0.25, 0.3) is 0 Å². The van der Waals surface area contributed by atoms with Gasteiger partial charge in [-0.25, -0.2) is 0 Å². The first-order valence-corrected chi connectivity index (χ1v) is 11.9. The van der Waals surface area contributed by atoms with Crippen LogP contribution < -0.4 is 10.2 Å². The Labute approximate surface area is 188 Å². The molecule has 1 heterocycles. The van der Waals surface area contributed by atoms with E-state index in [0.717, 1.165) is 57.7 Å². The van der Waals surface area contributed by atoms with Crippen molar-refractivity contribution in [1.82, 2.24) is 0 Å². The maximum atomic E-state index is 13.1. The number of carbonyl (C=O) groups excluding carboxylic acids is 2. The van der Waals surface area contributed by atoms with Crippen molar-refractivity contribution in [3.05, 3.63) is 24.3 Å². The van der Waals surface area contributed by atoms with Gasteiger partial charge in [-0.15, -0.1) is 11.6 Å². The molecule has 4 saturated carbocycles. The second-order valence-electron chi connectivity index (χ2n) is 10.1. The second-order valence-corrected chi connectivity index (χ2v) is 10.9. The van der Waals surface area contributed by atoms with E-state index in [1.807, 2.05) is 24.3 Å². The van der Waals surface area contributed by atoms with Crippen molar-refractivity contribution in [2.45, 2.75) is 56.4 Å². The van der Waals surface area contributed by atoms with Gasteiger partial charge in [0.1, 0.15) is 0 Å². The molecule has 1 saturated heterocycles. The van der Waals surface area contributed by atoms with Gasteiger partial charge in [0.15, 0.2) is 6.10 Å². The molecule has 0 unspecified atom stereocenters. The summed E-state index contributed by atoms with van der Waals surface area (Å²) < 4.78 is 11.1. The fourth-order valence-corrected chi connectivity index (χ4v) is 7.24. The van der Waals surface area contributed by atoms with Gasteiger partial charge in [-0.3, -0.25) is 9.59 Å². The first kappa shape index (κ1) is 21.1. The number of benzene rings is 1. The summed E-state index contributed by atoms with van der Waals surface area (Å²) in [6, 6.07) is 7.75. The number of nitrogens with one attached hydrogen (secondary N) is 1. The van der Waals surface area contributed by atoms with Crippen molar-refractivity contribution in [2.75, 3.05) is 36.5 Å². The molecule has 0 spiro atoms. The molecule has 4 aliphatic carbocycles. The predicted octanol–water partition coefficient (Wildman–Crippen LogP) is 3.97.